The van der Waals surface area contributed by atoms with Gasteiger partial charge in [-0.05, 0) is 34.7 Å². The molecule has 0 fully saturated rings. The summed E-state index contributed by atoms with van der Waals surface area (Å²) >= 11 is 6.27. The normalized spacial score (nSPS) is 11.3. The van der Waals surface area contributed by atoms with Crippen molar-refractivity contribution in [2.24, 2.45) is 5.73 Å². The van der Waals surface area contributed by atoms with E-state index in [0.717, 1.165) is 16.9 Å². The lowest BCUT2D eigenvalue weighted by Crippen LogP contribution is -2.16. The first-order valence-electron chi connectivity index (χ1n) is 8.28. The summed E-state index contributed by atoms with van der Waals surface area (Å²) in [5, 5.41) is 0.481. The Labute approximate surface area is 154 Å². The van der Waals surface area contributed by atoms with E-state index in [1.807, 2.05) is 24.3 Å². The van der Waals surface area contributed by atoms with E-state index in [4.69, 9.17) is 31.5 Å². The van der Waals surface area contributed by atoms with E-state index < -0.39 is 0 Å². The summed E-state index contributed by atoms with van der Waals surface area (Å²) in [5.74, 6) is 1.95. The second kappa shape index (κ2) is 8.45. The van der Waals surface area contributed by atoms with Crippen LogP contribution in [0.2, 0.25) is 5.02 Å². The molecule has 2 N–H and O–H groups in total. The van der Waals surface area contributed by atoms with Crippen molar-refractivity contribution in [3.63, 3.8) is 0 Å². The molecule has 136 valence electrons. The van der Waals surface area contributed by atoms with Crippen molar-refractivity contribution in [2.75, 3.05) is 20.3 Å². The third-order valence-corrected chi connectivity index (χ3v) is 4.09. The van der Waals surface area contributed by atoms with Gasteiger partial charge in [0.15, 0.2) is 11.5 Å². The van der Waals surface area contributed by atoms with E-state index in [1.54, 1.807) is 13.2 Å². The van der Waals surface area contributed by atoms with Crippen molar-refractivity contribution in [1.29, 1.82) is 0 Å². The maximum Gasteiger partial charge on any atom is 0.179 e. The molecule has 0 aliphatic carbocycles. The quantitative estimate of drug-likeness (QED) is 0.732. The zero-order valence-corrected chi connectivity index (χ0v) is 16.0. The molecule has 0 amide bonds. The van der Waals surface area contributed by atoms with Crippen molar-refractivity contribution < 1.29 is 14.2 Å². The van der Waals surface area contributed by atoms with Gasteiger partial charge in [0, 0.05) is 6.54 Å². The maximum absolute atomic E-state index is 6.27. The number of halogens is 1. The van der Waals surface area contributed by atoms with E-state index in [2.05, 4.69) is 26.8 Å². The van der Waals surface area contributed by atoms with Gasteiger partial charge in [0.1, 0.15) is 19.0 Å². The lowest BCUT2D eigenvalue weighted by atomic mass is 9.86. The Morgan fingerprint density at radius 2 is 1.68 bits per heavy atom. The van der Waals surface area contributed by atoms with Crippen molar-refractivity contribution in [1.82, 2.24) is 0 Å². The molecule has 0 radical (unpaired) electrons. The number of rotatable bonds is 7. The van der Waals surface area contributed by atoms with E-state index in [1.165, 1.54) is 0 Å². The van der Waals surface area contributed by atoms with Crippen LogP contribution >= 0.6 is 11.6 Å². The van der Waals surface area contributed by atoms with Gasteiger partial charge in [-0.15, -0.1) is 0 Å². The van der Waals surface area contributed by atoms with Crippen LogP contribution in [0.3, 0.4) is 0 Å². The summed E-state index contributed by atoms with van der Waals surface area (Å²) in [6.07, 6.45) is 0. The molecule has 2 aromatic rings. The molecule has 4 nitrogen and oxygen atoms in total. The molecule has 0 aliphatic heterocycles. The van der Waals surface area contributed by atoms with Crippen LogP contribution in [0.15, 0.2) is 36.4 Å². The molecule has 5 heteroatoms. The van der Waals surface area contributed by atoms with Gasteiger partial charge < -0.3 is 19.9 Å². The van der Waals surface area contributed by atoms with Gasteiger partial charge in [-0.1, -0.05) is 50.6 Å². The minimum Gasteiger partial charge on any atom is -0.493 e. The molecule has 0 saturated heterocycles. The summed E-state index contributed by atoms with van der Waals surface area (Å²) in [5.41, 5.74) is 7.73. The van der Waals surface area contributed by atoms with Gasteiger partial charge in [-0.25, -0.2) is 0 Å². The van der Waals surface area contributed by atoms with Crippen LogP contribution in [0.4, 0.5) is 0 Å². The van der Waals surface area contributed by atoms with Crippen molar-refractivity contribution >= 4 is 11.6 Å². The fourth-order valence-corrected chi connectivity index (χ4v) is 2.83. The molecule has 0 spiro atoms. The fourth-order valence-electron chi connectivity index (χ4n) is 2.54. The third-order valence-electron chi connectivity index (χ3n) is 3.81. The number of hydrogen-bond donors (Lipinski definition) is 1. The molecule has 0 aliphatic rings. The topological polar surface area (TPSA) is 53.7 Å². The molecule has 0 bridgehead atoms. The van der Waals surface area contributed by atoms with Crippen LogP contribution in [0.25, 0.3) is 0 Å². The van der Waals surface area contributed by atoms with Crippen LogP contribution < -0.4 is 19.9 Å². The highest BCUT2D eigenvalue weighted by atomic mass is 35.5. The van der Waals surface area contributed by atoms with Crippen LogP contribution in [0.1, 0.15) is 31.9 Å². The Morgan fingerprint density at radius 1 is 1.00 bits per heavy atom. The average Bonchev–Trinajstić information content (AvgIpc) is 2.58. The highest BCUT2D eigenvalue weighted by Gasteiger charge is 2.18. The summed E-state index contributed by atoms with van der Waals surface area (Å²) in [7, 11) is 1.58. The Balaban J connectivity index is 2.01. The van der Waals surface area contributed by atoms with Crippen LogP contribution in [0, 0.1) is 0 Å². The second-order valence-corrected chi connectivity index (χ2v) is 7.16. The number of para-hydroxylation sites is 1. The Hall–Kier alpha value is -1.91. The molecular formula is C20H26ClNO3. The van der Waals surface area contributed by atoms with Gasteiger partial charge >= 0.3 is 0 Å². The maximum atomic E-state index is 6.27. The monoisotopic (exact) mass is 363 g/mol. The lowest BCUT2D eigenvalue weighted by molar-refractivity contribution is 0.209. The number of benzene rings is 2. The van der Waals surface area contributed by atoms with E-state index >= 15 is 0 Å². The highest BCUT2D eigenvalue weighted by Crippen LogP contribution is 2.36. The van der Waals surface area contributed by atoms with Gasteiger partial charge in [-0.2, -0.15) is 0 Å². The summed E-state index contributed by atoms with van der Waals surface area (Å²) < 4.78 is 17.0. The second-order valence-electron chi connectivity index (χ2n) is 6.76. The molecular weight excluding hydrogens is 338 g/mol. The first-order valence-corrected chi connectivity index (χ1v) is 8.66. The van der Waals surface area contributed by atoms with E-state index in [-0.39, 0.29) is 5.41 Å². The highest BCUT2D eigenvalue weighted by molar-refractivity contribution is 6.32. The molecule has 25 heavy (non-hydrogen) atoms. The Morgan fingerprint density at radius 3 is 2.32 bits per heavy atom. The lowest BCUT2D eigenvalue weighted by Gasteiger charge is -2.22. The Kier molecular flexibility index (Phi) is 6.57. The third kappa shape index (κ3) is 5.03. The molecule has 0 saturated carbocycles. The zero-order chi connectivity index (χ0) is 18.4. The van der Waals surface area contributed by atoms with Gasteiger partial charge in [-0.3, -0.25) is 0 Å². The first kappa shape index (κ1) is 19.4. The van der Waals surface area contributed by atoms with E-state index in [0.29, 0.717) is 36.3 Å². The van der Waals surface area contributed by atoms with E-state index in [9.17, 15) is 0 Å². The Bertz CT molecular complexity index is 711. The summed E-state index contributed by atoms with van der Waals surface area (Å²) in [6.45, 7) is 7.64. The van der Waals surface area contributed by atoms with Crippen LogP contribution in [-0.4, -0.2) is 20.3 Å². The number of ether oxygens (including phenoxy) is 3. The molecule has 0 heterocycles. The molecule has 2 aromatic carbocycles. The van der Waals surface area contributed by atoms with Crippen molar-refractivity contribution in [3.8, 4) is 17.2 Å². The number of nitrogens with two attached hydrogens (primary N) is 1. The van der Waals surface area contributed by atoms with Crippen molar-refractivity contribution in [2.45, 2.75) is 32.7 Å². The minimum atomic E-state index is 0.0159. The summed E-state index contributed by atoms with van der Waals surface area (Å²) in [4.78, 5) is 0. The minimum absolute atomic E-state index is 0.0159. The molecule has 0 unspecified atom stereocenters. The summed E-state index contributed by atoms with van der Waals surface area (Å²) in [6, 6.07) is 11.7. The molecule has 0 atom stereocenters. The van der Waals surface area contributed by atoms with Crippen molar-refractivity contribution in [3.05, 3.63) is 52.5 Å². The van der Waals surface area contributed by atoms with Gasteiger partial charge in [0.05, 0.1) is 12.1 Å². The average molecular weight is 364 g/mol. The standard InChI is InChI=1S/C20H26ClNO3/c1-20(2,3)15-7-5-6-8-17(15)24-9-10-25-19-16(21)11-14(13-22)12-18(19)23-4/h5-8,11-12H,9-10,13,22H2,1-4H3. The first-order chi connectivity index (χ1) is 11.9. The van der Waals surface area contributed by atoms with Crippen LogP contribution in [-0.2, 0) is 12.0 Å². The SMILES string of the molecule is COc1cc(CN)cc(Cl)c1OCCOc1ccccc1C(C)(C)C. The number of hydrogen-bond acceptors (Lipinski definition) is 4. The number of methoxy groups -OCH3 is 1. The smallest absolute Gasteiger partial charge is 0.179 e. The largest absolute Gasteiger partial charge is 0.493 e. The van der Waals surface area contributed by atoms with Crippen LogP contribution in [0.5, 0.6) is 17.2 Å². The van der Waals surface area contributed by atoms with Gasteiger partial charge in [0.2, 0.25) is 0 Å². The fraction of sp³-hybridized carbons (Fsp3) is 0.400. The predicted octanol–water partition coefficient (Wildman–Crippen LogP) is 4.56. The zero-order valence-electron chi connectivity index (χ0n) is 15.3. The molecule has 2 rings (SSSR count). The molecule has 0 aromatic heterocycles. The predicted molar refractivity (Wildman–Crippen MR) is 102 cm³/mol. The van der Waals surface area contributed by atoms with Gasteiger partial charge in [0.25, 0.3) is 0 Å².